The molecule has 0 spiro atoms. The molecule has 0 fully saturated rings. The van der Waals surface area contributed by atoms with Crippen LogP contribution in [0.15, 0.2) is 30.7 Å². The molecule has 0 saturated heterocycles. The van der Waals surface area contributed by atoms with Crippen molar-refractivity contribution in [3.63, 3.8) is 0 Å². The summed E-state index contributed by atoms with van der Waals surface area (Å²) >= 11 is 0. The molecule has 94 valence electrons. The van der Waals surface area contributed by atoms with E-state index < -0.39 is 0 Å². The first-order valence-corrected chi connectivity index (χ1v) is 5.56. The Hall–Kier alpha value is -2.37. The fourth-order valence-corrected chi connectivity index (χ4v) is 1.46. The molecule has 18 heavy (non-hydrogen) atoms. The van der Waals surface area contributed by atoms with Gasteiger partial charge in [-0.1, -0.05) is 0 Å². The summed E-state index contributed by atoms with van der Waals surface area (Å²) in [4.78, 5) is 24.9. The predicted molar refractivity (Wildman–Crippen MR) is 68.3 cm³/mol. The molecule has 2 aromatic rings. The third-order valence-corrected chi connectivity index (χ3v) is 2.44. The summed E-state index contributed by atoms with van der Waals surface area (Å²) in [7, 11) is 3.76. The monoisotopic (exact) mass is 245 g/mol. The lowest BCUT2D eigenvalue weighted by atomic mass is 10.2. The lowest BCUT2D eigenvalue weighted by Gasteiger charge is -2.11. The molecule has 0 radical (unpaired) electrons. The Morgan fingerprint density at radius 2 is 2.22 bits per heavy atom. The topological polar surface area (TPSA) is 73.9 Å². The third kappa shape index (κ3) is 2.85. The van der Waals surface area contributed by atoms with Crippen molar-refractivity contribution in [2.24, 2.45) is 0 Å². The van der Waals surface area contributed by atoms with Gasteiger partial charge < -0.3 is 15.2 Å². The second kappa shape index (κ2) is 5.31. The normalized spacial score (nSPS) is 10.1. The minimum absolute atomic E-state index is 0.142. The number of nitrogens with zero attached hydrogens (tertiary/aromatic N) is 3. The zero-order valence-corrected chi connectivity index (χ0v) is 10.3. The minimum atomic E-state index is -0.142. The van der Waals surface area contributed by atoms with E-state index in [4.69, 9.17) is 0 Å². The van der Waals surface area contributed by atoms with Gasteiger partial charge in [0.25, 0.3) is 5.91 Å². The van der Waals surface area contributed by atoms with Crippen molar-refractivity contribution >= 4 is 11.7 Å². The van der Waals surface area contributed by atoms with Crippen LogP contribution >= 0.6 is 0 Å². The van der Waals surface area contributed by atoms with Gasteiger partial charge in [0.1, 0.15) is 11.6 Å². The molecule has 2 rings (SSSR count). The number of aromatic nitrogens is 3. The van der Waals surface area contributed by atoms with Gasteiger partial charge in [0, 0.05) is 38.2 Å². The molecular formula is C12H15N5O. The van der Waals surface area contributed by atoms with Crippen molar-refractivity contribution in [1.82, 2.24) is 20.3 Å². The maximum absolute atomic E-state index is 11.9. The molecule has 0 aliphatic heterocycles. The summed E-state index contributed by atoms with van der Waals surface area (Å²) < 4.78 is 0. The molecular weight excluding hydrogens is 230 g/mol. The summed E-state index contributed by atoms with van der Waals surface area (Å²) in [6, 6.07) is 3.43. The molecule has 0 bridgehead atoms. The first-order chi connectivity index (χ1) is 8.66. The van der Waals surface area contributed by atoms with Gasteiger partial charge in [-0.2, -0.15) is 0 Å². The number of amides is 1. The largest absolute Gasteiger partial charge is 0.363 e. The van der Waals surface area contributed by atoms with Crippen LogP contribution in [0.4, 0.5) is 5.82 Å². The van der Waals surface area contributed by atoms with E-state index in [0.29, 0.717) is 12.1 Å². The van der Waals surface area contributed by atoms with Gasteiger partial charge in [-0.25, -0.2) is 9.97 Å². The summed E-state index contributed by atoms with van der Waals surface area (Å²) in [5, 5.41) is 2.79. The van der Waals surface area contributed by atoms with Gasteiger partial charge in [0.2, 0.25) is 0 Å². The highest BCUT2D eigenvalue weighted by atomic mass is 16.1. The summed E-state index contributed by atoms with van der Waals surface area (Å²) in [5.74, 6) is 1.34. The van der Waals surface area contributed by atoms with Gasteiger partial charge in [0.15, 0.2) is 0 Å². The van der Waals surface area contributed by atoms with Crippen LogP contribution in [0.3, 0.4) is 0 Å². The minimum Gasteiger partial charge on any atom is -0.363 e. The summed E-state index contributed by atoms with van der Waals surface area (Å²) in [6.45, 7) is 0.380. The molecule has 0 atom stereocenters. The number of rotatable bonds is 4. The van der Waals surface area contributed by atoms with Gasteiger partial charge in [-0.15, -0.1) is 0 Å². The number of H-pyrrole nitrogens is 1. The molecule has 6 nitrogen and oxygen atoms in total. The molecule has 0 aliphatic carbocycles. The van der Waals surface area contributed by atoms with Crippen molar-refractivity contribution < 1.29 is 4.79 Å². The zero-order chi connectivity index (χ0) is 13.0. The van der Waals surface area contributed by atoms with E-state index in [2.05, 4.69) is 20.3 Å². The lowest BCUT2D eigenvalue weighted by molar-refractivity contribution is 0.0950. The van der Waals surface area contributed by atoms with Crippen LogP contribution in [0, 0.1) is 0 Å². The number of aromatic amines is 1. The van der Waals surface area contributed by atoms with Crippen molar-refractivity contribution in [3.8, 4) is 0 Å². The van der Waals surface area contributed by atoms with Crippen LogP contribution in [-0.4, -0.2) is 35.0 Å². The lowest BCUT2D eigenvalue weighted by Crippen LogP contribution is -2.24. The maximum Gasteiger partial charge on any atom is 0.251 e. The van der Waals surface area contributed by atoms with Gasteiger partial charge in [0.05, 0.1) is 6.54 Å². The fourth-order valence-electron chi connectivity index (χ4n) is 1.46. The summed E-state index contributed by atoms with van der Waals surface area (Å²) in [5.41, 5.74) is 0.584. The van der Waals surface area contributed by atoms with E-state index in [1.165, 1.54) is 0 Å². The molecule has 0 unspecified atom stereocenters. The van der Waals surface area contributed by atoms with Crippen LogP contribution in [0.5, 0.6) is 0 Å². The van der Waals surface area contributed by atoms with E-state index in [-0.39, 0.29) is 5.91 Å². The smallest absolute Gasteiger partial charge is 0.251 e. The number of carbonyl (C=O) groups is 1. The zero-order valence-electron chi connectivity index (χ0n) is 10.3. The van der Waals surface area contributed by atoms with E-state index in [0.717, 1.165) is 11.6 Å². The van der Waals surface area contributed by atoms with Crippen molar-refractivity contribution in [3.05, 3.63) is 42.1 Å². The van der Waals surface area contributed by atoms with Crippen molar-refractivity contribution in [1.29, 1.82) is 0 Å². The average Bonchev–Trinajstić information content (AvgIpc) is 2.89. The van der Waals surface area contributed by atoms with Gasteiger partial charge >= 0.3 is 0 Å². The number of imidazole rings is 1. The standard InChI is InChI=1S/C12H15N5O/c1-17(2)11-7-9(3-4-15-11)12(18)16-8-10-13-5-6-14-10/h3-7H,8H2,1-2H3,(H,13,14)(H,16,18). The Morgan fingerprint density at radius 3 is 2.89 bits per heavy atom. The highest BCUT2D eigenvalue weighted by Gasteiger charge is 2.07. The molecule has 6 heteroatoms. The quantitative estimate of drug-likeness (QED) is 0.835. The Morgan fingerprint density at radius 1 is 1.39 bits per heavy atom. The molecule has 2 N–H and O–H groups in total. The van der Waals surface area contributed by atoms with Crippen LogP contribution < -0.4 is 10.2 Å². The van der Waals surface area contributed by atoms with E-state index in [9.17, 15) is 4.79 Å². The second-order valence-corrected chi connectivity index (χ2v) is 4.02. The fraction of sp³-hybridized carbons (Fsp3) is 0.250. The van der Waals surface area contributed by atoms with Crippen LogP contribution in [0.1, 0.15) is 16.2 Å². The molecule has 1 amide bonds. The summed E-state index contributed by atoms with van der Waals surface area (Å²) in [6.07, 6.45) is 4.99. The first-order valence-electron chi connectivity index (χ1n) is 5.56. The number of pyridine rings is 1. The Kier molecular flexibility index (Phi) is 3.57. The highest BCUT2D eigenvalue weighted by Crippen LogP contribution is 2.09. The number of hydrogen-bond acceptors (Lipinski definition) is 4. The Bertz CT molecular complexity index is 521. The Labute approximate surface area is 105 Å². The molecule has 2 aromatic heterocycles. The number of hydrogen-bond donors (Lipinski definition) is 2. The van der Waals surface area contributed by atoms with E-state index in [1.54, 1.807) is 30.7 Å². The molecule has 2 heterocycles. The number of nitrogens with one attached hydrogen (secondary N) is 2. The molecule has 0 saturated carbocycles. The third-order valence-electron chi connectivity index (χ3n) is 2.44. The Balaban J connectivity index is 2.02. The van der Waals surface area contributed by atoms with Gasteiger partial charge in [-0.05, 0) is 12.1 Å². The van der Waals surface area contributed by atoms with Gasteiger partial charge in [-0.3, -0.25) is 4.79 Å². The highest BCUT2D eigenvalue weighted by molar-refractivity contribution is 5.94. The maximum atomic E-state index is 11.9. The second-order valence-electron chi connectivity index (χ2n) is 4.02. The first kappa shape index (κ1) is 12.1. The van der Waals surface area contributed by atoms with Crippen molar-refractivity contribution in [2.45, 2.75) is 6.54 Å². The van der Waals surface area contributed by atoms with Crippen LogP contribution in [0.25, 0.3) is 0 Å². The predicted octanol–water partition coefficient (Wildman–Crippen LogP) is 0.801. The van der Waals surface area contributed by atoms with E-state index in [1.807, 2.05) is 19.0 Å². The number of carbonyl (C=O) groups excluding carboxylic acids is 1. The molecule has 0 aromatic carbocycles. The number of anilines is 1. The SMILES string of the molecule is CN(C)c1cc(C(=O)NCc2ncc[nH]2)ccn1. The van der Waals surface area contributed by atoms with Crippen LogP contribution in [-0.2, 0) is 6.54 Å². The van der Waals surface area contributed by atoms with Crippen LogP contribution in [0.2, 0.25) is 0 Å². The molecule has 0 aliphatic rings. The van der Waals surface area contributed by atoms with Crippen molar-refractivity contribution in [2.75, 3.05) is 19.0 Å². The average molecular weight is 245 g/mol. The van der Waals surface area contributed by atoms with E-state index >= 15 is 0 Å².